The Hall–Kier alpha value is -0.830. The fourth-order valence-electron chi connectivity index (χ4n) is 3.29. The van der Waals surface area contributed by atoms with Gasteiger partial charge in [-0.1, -0.05) is 13.8 Å². The summed E-state index contributed by atoms with van der Waals surface area (Å²) in [5.74, 6) is 1.81. The quantitative estimate of drug-likeness (QED) is 0.367. The molecule has 0 radical (unpaired) electrons. The summed E-state index contributed by atoms with van der Waals surface area (Å²) >= 11 is 0. The Morgan fingerprint density at radius 2 is 2.12 bits per heavy atom. The Kier molecular flexibility index (Phi) is 10.4. The number of nitrogens with one attached hydrogen (secondary N) is 1. The van der Waals surface area contributed by atoms with Crippen molar-refractivity contribution in [2.75, 3.05) is 45.8 Å². The largest absolute Gasteiger partial charge is 0.357 e. The van der Waals surface area contributed by atoms with Gasteiger partial charge in [0.2, 0.25) is 0 Å². The molecule has 1 N–H and O–H groups in total. The number of guanidine groups is 1. The first-order chi connectivity index (χ1) is 11.7. The van der Waals surface area contributed by atoms with Crippen LogP contribution in [0.4, 0.5) is 0 Å². The second kappa shape index (κ2) is 11.7. The van der Waals surface area contributed by atoms with Crippen LogP contribution in [-0.4, -0.2) is 71.4 Å². The molecule has 7 heteroatoms. The van der Waals surface area contributed by atoms with Crippen LogP contribution < -0.4 is 5.32 Å². The van der Waals surface area contributed by atoms with Gasteiger partial charge >= 0.3 is 0 Å². The van der Waals surface area contributed by atoms with E-state index in [1.165, 1.54) is 18.5 Å². The highest BCUT2D eigenvalue weighted by molar-refractivity contribution is 14.0. The SMILES string of the molecule is CCNC(=NCCn1cc(C)cn1)N1CCC(CN(CC)CC)C1.I. The Morgan fingerprint density at radius 1 is 1.36 bits per heavy atom. The Labute approximate surface area is 170 Å². The molecule has 6 nitrogen and oxygen atoms in total. The molecule has 0 spiro atoms. The standard InChI is InChI=1S/C18H34N6.HI/c1-5-19-18(20-9-11-24-13-16(4)12-21-24)23-10-8-17(15-23)14-22(6-2)7-3;/h12-13,17H,5-11,14-15H2,1-4H3,(H,19,20);1H. The number of hydrogen-bond donors (Lipinski definition) is 1. The zero-order valence-electron chi connectivity index (χ0n) is 16.2. The fraction of sp³-hybridized carbons (Fsp3) is 0.778. The molecule has 0 bridgehead atoms. The van der Waals surface area contributed by atoms with Crippen LogP contribution in [0.2, 0.25) is 0 Å². The van der Waals surface area contributed by atoms with Crippen molar-refractivity contribution in [3.63, 3.8) is 0 Å². The lowest BCUT2D eigenvalue weighted by Crippen LogP contribution is -2.41. The third kappa shape index (κ3) is 7.13. The normalized spacial score (nSPS) is 17.9. The molecule has 1 aliphatic rings. The van der Waals surface area contributed by atoms with Gasteiger partial charge in [-0.25, -0.2) is 0 Å². The van der Waals surface area contributed by atoms with Crippen LogP contribution in [0.5, 0.6) is 0 Å². The van der Waals surface area contributed by atoms with Gasteiger partial charge in [0.05, 0.1) is 19.3 Å². The highest BCUT2D eigenvalue weighted by Gasteiger charge is 2.25. The van der Waals surface area contributed by atoms with E-state index in [0.717, 1.165) is 57.7 Å². The molecular weight excluding hydrogens is 427 g/mol. The molecule has 0 aromatic carbocycles. The summed E-state index contributed by atoms with van der Waals surface area (Å²) in [4.78, 5) is 9.76. The average Bonchev–Trinajstić information content (AvgIpc) is 3.21. The molecule has 2 rings (SSSR count). The van der Waals surface area contributed by atoms with Crippen molar-refractivity contribution < 1.29 is 0 Å². The third-order valence-electron chi connectivity index (χ3n) is 4.68. The van der Waals surface area contributed by atoms with Gasteiger partial charge in [-0.05, 0) is 44.8 Å². The molecule has 1 aliphatic heterocycles. The van der Waals surface area contributed by atoms with Crippen molar-refractivity contribution in [2.24, 2.45) is 10.9 Å². The van der Waals surface area contributed by atoms with E-state index in [1.54, 1.807) is 0 Å². The molecule has 0 amide bonds. The van der Waals surface area contributed by atoms with Crippen LogP contribution >= 0.6 is 24.0 Å². The topological polar surface area (TPSA) is 48.7 Å². The van der Waals surface area contributed by atoms with E-state index in [2.05, 4.69) is 54.1 Å². The summed E-state index contributed by atoms with van der Waals surface area (Å²) in [5, 5.41) is 7.78. The van der Waals surface area contributed by atoms with Gasteiger partial charge in [0.25, 0.3) is 0 Å². The smallest absolute Gasteiger partial charge is 0.193 e. The third-order valence-corrected chi connectivity index (χ3v) is 4.68. The molecule has 0 saturated carbocycles. The van der Waals surface area contributed by atoms with Crippen LogP contribution in [0, 0.1) is 12.8 Å². The maximum atomic E-state index is 4.81. The van der Waals surface area contributed by atoms with Crippen LogP contribution in [0.25, 0.3) is 0 Å². The van der Waals surface area contributed by atoms with Crippen LogP contribution in [-0.2, 0) is 6.54 Å². The molecular formula is C18H35IN6. The van der Waals surface area contributed by atoms with E-state index in [0.29, 0.717) is 0 Å². The van der Waals surface area contributed by atoms with Crippen molar-refractivity contribution in [3.05, 3.63) is 18.0 Å². The number of aryl methyl sites for hydroxylation is 1. The van der Waals surface area contributed by atoms with Gasteiger partial charge in [-0.15, -0.1) is 24.0 Å². The first kappa shape index (κ1) is 22.2. The summed E-state index contributed by atoms with van der Waals surface area (Å²) in [6.07, 6.45) is 5.23. The number of nitrogens with zero attached hydrogens (tertiary/aromatic N) is 5. The summed E-state index contributed by atoms with van der Waals surface area (Å²) in [6.45, 7) is 16.9. The van der Waals surface area contributed by atoms with Gasteiger partial charge in [0.15, 0.2) is 5.96 Å². The van der Waals surface area contributed by atoms with Crippen LogP contribution in [0.3, 0.4) is 0 Å². The summed E-state index contributed by atoms with van der Waals surface area (Å²) in [5.41, 5.74) is 1.20. The molecule has 2 heterocycles. The number of hydrogen-bond acceptors (Lipinski definition) is 3. The number of aliphatic imine (C=N–C) groups is 1. The van der Waals surface area contributed by atoms with E-state index < -0.39 is 0 Å². The lowest BCUT2D eigenvalue weighted by Gasteiger charge is -2.24. The van der Waals surface area contributed by atoms with E-state index in [4.69, 9.17) is 4.99 Å². The second-order valence-electron chi connectivity index (χ2n) is 6.60. The first-order valence-corrected chi connectivity index (χ1v) is 9.40. The Balaban J connectivity index is 0.00000312. The summed E-state index contributed by atoms with van der Waals surface area (Å²) in [7, 11) is 0. The minimum absolute atomic E-state index is 0. The van der Waals surface area contributed by atoms with Crippen molar-refractivity contribution >= 4 is 29.9 Å². The van der Waals surface area contributed by atoms with E-state index in [9.17, 15) is 0 Å². The van der Waals surface area contributed by atoms with Gasteiger partial charge < -0.3 is 15.1 Å². The number of aromatic nitrogens is 2. The van der Waals surface area contributed by atoms with E-state index in [1.807, 2.05) is 10.9 Å². The molecule has 1 atom stereocenters. The monoisotopic (exact) mass is 462 g/mol. The lowest BCUT2D eigenvalue weighted by molar-refractivity contribution is 0.255. The number of likely N-dealkylation sites (tertiary alicyclic amines) is 1. The molecule has 1 saturated heterocycles. The van der Waals surface area contributed by atoms with Crippen LogP contribution in [0.15, 0.2) is 17.4 Å². The molecule has 144 valence electrons. The van der Waals surface area contributed by atoms with Crippen molar-refractivity contribution in [2.45, 2.75) is 40.7 Å². The Bertz CT molecular complexity index is 511. The van der Waals surface area contributed by atoms with Gasteiger partial charge in [0, 0.05) is 32.4 Å². The molecule has 1 aromatic rings. The first-order valence-electron chi connectivity index (χ1n) is 9.40. The average molecular weight is 462 g/mol. The molecule has 1 unspecified atom stereocenters. The van der Waals surface area contributed by atoms with Gasteiger partial charge in [-0.3, -0.25) is 9.67 Å². The highest BCUT2D eigenvalue weighted by atomic mass is 127. The second-order valence-corrected chi connectivity index (χ2v) is 6.60. The minimum Gasteiger partial charge on any atom is -0.357 e. The van der Waals surface area contributed by atoms with E-state index >= 15 is 0 Å². The lowest BCUT2D eigenvalue weighted by atomic mass is 10.1. The summed E-state index contributed by atoms with van der Waals surface area (Å²) < 4.78 is 1.97. The predicted octanol–water partition coefficient (Wildman–Crippen LogP) is 2.44. The predicted molar refractivity (Wildman–Crippen MR) is 116 cm³/mol. The summed E-state index contributed by atoms with van der Waals surface area (Å²) in [6, 6.07) is 0. The van der Waals surface area contributed by atoms with Gasteiger partial charge in [-0.2, -0.15) is 5.10 Å². The maximum Gasteiger partial charge on any atom is 0.193 e. The van der Waals surface area contributed by atoms with E-state index in [-0.39, 0.29) is 24.0 Å². The maximum absolute atomic E-state index is 4.81. The van der Waals surface area contributed by atoms with Crippen molar-refractivity contribution in [1.82, 2.24) is 24.9 Å². The molecule has 25 heavy (non-hydrogen) atoms. The van der Waals surface area contributed by atoms with Crippen LogP contribution in [0.1, 0.15) is 32.8 Å². The number of halogens is 1. The minimum atomic E-state index is 0. The number of rotatable bonds is 8. The molecule has 1 fully saturated rings. The Morgan fingerprint density at radius 3 is 2.72 bits per heavy atom. The van der Waals surface area contributed by atoms with Gasteiger partial charge in [0.1, 0.15) is 0 Å². The molecule has 1 aromatic heterocycles. The van der Waals surface area contributed by atoms with Crippen molar-refractivity contribution in [3.8, 4) is 0 Å². The highest BCUT2D eigenvalue weighted by Crippen LogP contribution is 2.17. The van der Waals surface area contributed by atoms with Crippen molar-refractivity contribution in [1.29, 1.82) is 0 Å². The zero-order valence-corrected chi connectivity index (χ0v) is 18.6. The molecule has 0 aliphatic carbocycles. The fourth-order valence-corrected chi connectivity index (χ4v) is 3.29. The zero-order chi connectivity index (χ0) is 17.4.